The van der Waals surface area contributed by atoms with Crippen molar-refractivity contribution in [2.45, 2.75) is 19.5 Å². The Hall–Kier alpha value is -2.31. The summed E-state index contributed by atoms with van der Waals surface area (Å²) in [6, 6.07) is 9.71. The lowest BCUT2D eigenvalue weighted by Crippen LogP contribution is -2.26. The van der Waals surface area contributed by atoms with E-state index in [1.54, 1.807) is 23.5 Å². The molecule has 6 heteroatoms. The Balaban J connectivity index is 1.82. The fraction of sp³-hybridized carbons (Fsp3) is 0.235. The highest BCUT2D eigenvalue weighted by molar-refractivity contribution is 7.09. The number of carbonyl (C=O) groups excluding carboxylic acids is 1. The van der Waals surface area contributed by atoms with Crippen molar-refractivity contribution in [3.8, 4) is 0 Å². The smallest absolute Gasteiger partial charge is 0.273 e. The van der Waals surface area contributed by atoms with Crippen LogP contribution in [0.3, 0.4) is 0 Å². The van der Waals surface area contributed by atoms with Gasteiger partial charge in [0, 0.05) is 30.6 Å². The molecule has 0 saturated carbocycles. The van der Waals surface area contributed by atoms with Crippen LogP contribution in [-0.4, -0.2) is 27.8 Å². The van der Waals surface area contributed by atoms with Crippen molar-refractivity contribution in [1.29, 1.82) is 0 Å². The first-order chi connectivity index (χ1) is 11.1. The van der Waals surface area contributed by atoms with E-state index in [1.165, 1.54) is 11.3 Å². The molecule has 118 valence electrons. The zero-order valence-electron chi connectivity index (χ0n) is 13.1. The highest BCUT2D eigenvalue weighted by atomic mass is 32.1. The maximum atomic E-state index is 12.5. The Morgan fingerprint density at radius 2 is 2.17 bits per heavy atom. The largest absolute Gasteiger partial charge is 0.336 e. The zero-order chi connectivity index (χ0) is 16.4. The molecule has 0 spiro atoms. The summed E-state index contributed by atoms with van der Waals surface area (Å²) >= 11 is 1.42. The van der Waals surface area contributed by atoms with Crippen LogP contribution >= 0.6 is 11.3 Å². The molecule has 23 heavy (non-hydrogen) atoms. The number of hydrogen-bond acceptors (Lipinski definition) is 5. The summed E-state index contributed by atoms with van der Waals surface area (Å²) < 4.78 is 0. The van der Waals surface area contributed by atoms with Crippen LogP contribution in [0, 0.1) is 0 Å². The molecule has 0 radical (unpaired) electrons. The fourth-order valence-corrected chi connectivity index (χ4v) is 3.17. The van der Waals surface area contributed by atoms with Crippen molar-refractivity contribution < 1.29 is 4.79 Å². The summed E-state index contributed by atoms with van der Waals surface area (Å²) in [5.74, 6) is -0.103. The topological polar surface area (TPSA) is 72.1 Å². The standard InChI is InChI=1S/C17H18N4OS/c1-11(18)16-20-15(10-23-16)17(22)21(2)9-12-5-3-7-14-13(12)6-4-8-19-14/h3-8,10-11H,9,18H2,1-2H3. The van der Waals surface area contributed by atoms with Crippen molar-refractivity contribution in [1.82, 2.24) is 14.9 Å². The highest BCUT2D eigenvalue weighted by Gasteiger charge is 2.17. The number of thiazole rings is 1. The Labute approximate surface area is 138 Å². The van der Waals surface area contributed by atoms with Gasteiger partial charge in [-0.15, -0.1) is 11.3 Å². The van der Waals surface area contributed by atoms with E-state index in [1.807, 2.05) is 37.3 Å². The van der Waals surface area contributed by atoms with E-state index in [9.17, 15) is 4.79 Å². The lowest BCUT2D eigenvalue weighted by Gasteiger charge is -2.17. The predicted octanol–water partition coefficient (Wildman–Crippen LogP) is 2.98. The molecule has 2 aromatic heterocycles. The molecule has 1 unspecified atom stereocenters. The summed E-state index contributed by atoms with van der Waals surface area (Å²) in [6.45, 7) is 2.37. The highest BCUT2D eigenvalue weighted by Crippen LogP contribution is 2.20. The third-order valence-corrected chi connectivity index (χ3v) is 4.67. The molecular formula is C17H18N4OS. The first-order valence-electron chi connectivity index (χ1n) is 7.35. The molecule has 1 aromatic carbocycles. The van der Waals surface area contributed by atoms with E-state index in [4.69, 9.17) is 5.73 Å². The first-order valence-corrected chi connectivity index (χ1v) is 8.23. The summed E-state index contributed by atoms with van der Waals surface area (Å²) in [4.78, 5) is 22.9. The van der Waals surface area contributed by atoms with Crippen molar-refractivity contribution >= 4 is 28.1 Å². The number of carbonyl (C=O) groups is 1. The van der Waals surface area contributed by atoms with E-state index in [2.05, 4.69) is 9.97 Å². The van der Waals surface area contributed by atoms with Crippen molar-refractivity contribution in [3.05, 3.63) is 58.2 Å². The summed E-state index contributed by atoms with van der Waals surface area (Å²) in [5.41, 5.74) is 8.25. The van der Waals surface area contributed by atoms with Gasteiger partial charge in [-0.05, 0) is 24.6 Å². The first kappa shape index (κ1) is 15.6. The second-order valence-corrected chi connectivity index (χ2v) is 6.40. The molecule has 0 fully saturated rings. The summed E-state index contributed by atoms with van der Waals surface area (Å²) in [6.07, 6.45) is 1.77. The Morgan fingerprint density at radius 3 is 2.91 bits per heavy atom. The Kier molecular flexibility index (Phi) is 4.36. The number of rotatable bonds is 4. The Morgan fingerprint density at radius 1 is 1.35 bits per heavy atom. The number of amides is 1. The molecular weight excluding hydrogens is 308 g/mol. The van der Waals surface area contributed by atoms with Crippen LogP contribution in [0.5, 0.6) is 0 Å². The van der Waals surface area contributed by atoms with Crippen LogP contribution in [0.25, 0.3) is 10.9 Å². The van der Waals surface area contributed by atoms with Gasteiger partial charge in [0.25, 0.3) is 5.91 Å². The minimum absolute atomic E-state index is 0.103. The van der Waals surface area contributed by atoms with E-state index < -0.39 is 0 Å². The lowest BCUT2D eigenvalue weighted by atomic mass is 10.1. The van der Waals surface area contributed by atoms with E-state index in [0.717, 1.165) is 21.5 Å². The minimum Gasteiger partial charge on any atom is -0.336 e. The maximum absolute atomic E-state index is 12.5. The van der Waals surface area contributed by atoms with Crippen LogP contribution in [0.15, 0.2) is 41.9 Å². The molecule has 0 aliphatic carbocycles. The van der Waals surface area contributed by atoms with Gasteiger partial charge in [-0.2, -0.15) is 0 Å². The van der Waals surface area contributed by atoms with E-state index in [0.29, 0.717) is 12.2 Å². The quantitative estimate of drug-likeness (QED) is 0.800. The SMILES string of the molecule is CC(N)c1nc(C(=O)N(C)Cc2cccc3ncccc23)cs1. The number of hydrogen-bond donors (Lipinski definition) is 1. The average molecular weight is 326 g/mol. The third-order valence-electron chi connectivity index (χ3n) is 3.62. The Bertz CT molecular complexity index is 838. The molecule has 5 nitrogen and oxygen atoms in total. The second-order valence-electron chi connectivity index (χ2n) is 5.51. The minimum atomic E-state index is -0.156. The van der Waals surface area contributed by atoms with E-state index in [-0.39, 0.29) is 11.9 Å². The second kappa shape index (κ2) is 6.44. The summed E-state index contributed by atoms with van der Waals surface area (Å²) in [5, 5.41) is 3.60. The number of pyridine rings is 1. The monoisotopic (exact) mass is 326 g/mol. The molecule has 0 saturated heterocycles. The van der Waals surface area contributed by atoms with Crippen molar-refractivity contribution in [2.75, 3.05) is 7.05 Å². The van der Waals surface area contributed by atoms with E-state index >= 15 is 0 Å². The fourth-order valence-electron chi connectivity index (χ4n) is 2.42. The van der Waals surface area contributed by atoms with Crippen LogP contribution in [0.4, 0.5) is 0 Å². The van der Waals surface area contributed by atoms with Crippen molar-refractivity contribution in [2.24, 2.45) is 5.73 Å². The predicted molar refractivity (Wildman–Crippen MR) is 92.3 cm³/mol. The van der Waals surface area contributed by atoms with Gasteiger partial charge in [-0.25, -0.2) is 4.98 Å². The molecule has 0 aliphatic rings. The molecule has 1 amide bonds. The van der Waals surface area contributed by atoms with Crippen LogP contribution < -0.4 is 5.73 Å². The number of nitrogens with zero attached hydrogens (tertiary/aromatic N) is 3. The number of nitrogens with two attached hydrogens (primary N) is 1. The molecule has 1 atom stereocenters. The van der Waals surface area contributed by atoms with Gasteiger partial charge in [0.05, 0.1) is 11.6 Å². The van der Waals surface area contributed by atoms with Crippen LogP contribution in [-0.2, 0) is 6.54 Å². The molecule has 0 bridgehead atoms. The lowest BCUT2D eigenvalue weighted by molar-refractivity contribution is 0.0780. The van der Waals surface area contributed by atoms with Crippen molar-refractivity contribution in [3.63, 3.8) is 0 Å². The summed E-state index contributed by atoms with van der Waals surface area (Å²) in [7, 11) is 1.78. The number of benzene rings is 1. The van der Waals surface area contributed by atoms with Gasteiger partial charge < -0.3 is 10.6 Å². The zero-order valence-corrected chi connectivity index (χ0v) is 13.9. The average Bonchev–Trinajstić information content (AvgIpc) is 3.04. The molecule has 2 heterocycles. The normalized spacial score (nSPS) is 12.3. The van der Waals surface area contributed by atoms with Crippen LogP contribution in [0.2, 0.25) is 0 Å². The van der Waals surface area contributed by atoms with Gasteiger partial charge in [-0.3, -0.25) is 9.78 Å². The van der Waals surface area contributed by atoms with Gasteiger partial charge in [-0.1, -0.05) is 18.2 Å². The van der Waals surface area contributed by atoms with Crippen LogP contribution in [0.1, 0.15) is 34.0 Å². The molecule has 2 N–H and O–H groups in total. The van der Waals surface area contributed by atoms with Gasteiger partial charge >= 0.3 is 0 Å². The molecule has 3 rings (SSSR count). The third kappa shape index (κ3) is 3.23. The number of fused-ring (bicyclic) bond motifs is 1. The molecule has 3 aromatic rings. The van der Waals surface area contributed by atoms with Gasteiger partial charge in [0.2, 0.25) is 0 Å². The van der Waals surface area contributed by atoms with Gasteiger partial charge in [0.15, 0.2) is 0 Å². The number of aromatic nitrogens is 2. The van der Waals surface area contributed by atoms with Gasteiger partial charge in [0.1, 0.15) is 10.7 Å². The molecule has 0 aliphatic heterocycles. The maximum Gasteiger partial charge on any atom is 0.273 e.